The van der Waals surface area contributed by atoms with Crippen LogP contribution in [0.3, 0.4) is 0 Å². The van der Waals surface area contributed by atoms with Gasteiger partial charge in [-0.05, 0) is 56.0 Å². The van der Waals surface area contributed by atoms with Crippen LogP contribution in [0, 0.1) is 11.8 Å². The highest BCUT2D eigenvalue weighted by molar-refractivity contribution is 6.31. The first kappa shape index (κ1) is 18.2. The molecule has 0 saturated carbocycles. The highest BCUT2D eigenvalue weighted by atomic mass is 35.5. The largest absolute Gasteiger partial charge is 0.303 e. The van der Waals surface area contributed by atoms with Gasteiger partial charge in [-0.25, -0.2) is 0 Å². The molecule has 0 spiro atoms. The second-order valence-electron chi connectivity index (χ2n) is 7.08. The molecule has 0 bridgehead atoms. The summed E-state index contributed by atoms with van der Waals surface area (Å²) in [4.78, 5) is 15.2. The molecule has 0 N–H and O–H groups in total. The van der Waals surface area contributed by atoms with Gasteiger partial charge < -0.3 is 4.90 Å². The molecule has 3 rings (SSSR count). The number of carbonyl (C=O) groups is 1. The van der Waals surface area contributed by atoms with Crippen molar-refractivity contribution in [2.24, 2.45) is 11.8 Å². The fourth-order valence-electron chi connectivity index (χ4n) is 3.73. The molecule has 1 aliphatic rings. The molecule has 0 radical (unpaired) electrons. The number of piperidine rings is 1. The van der Waals surface area contributed by atoms with E-state index in [1.54, 1.807) is 6.07 Å². The Labute approximate surface area is 155 Å². The van der Waals surface area contributed by atoms with Gasteiger partial charge in [0, 0.05) is 23.0 Å². The molecule has 0 aromatic heterocycles. The normalized spacial score (nSPS) is 17.4. The van der Waals surface area contributed by atoms with E-state index in [-0.39, 0.29) is 11.7 Å². The smallest absolute Gasteiger partial charge is 0.165 e. The summed E-state index contributed by atoms with van der Waals surface area (Å²) in [6.45, 7) is 5.36. The van der Waals surface area contributed by atoms with Gasteiger partial charge in [0.15, 0.2) is 5.78 Å². The molecule has 1 fully saturated rings. The Hall–Kier alpha value is -1.64. The summed E-state index contributed by atoms with van der Waals surface area (Å²) >= 11 is 6.02. The molecule has 2 aromatic rings. The van der Waals surface area contributed by atoms with E-state index >= 15 is 0 Å². The highest BCUT2D eigenvalue weighted by Gasteiger charge is 2.28. The molecule has 2 aromatic carbocycles. The van der Waals surface area contributed by atoms with Crippen molar-refractivity contribution in [1.29, 1.82) is 0 Å². The zero-order valence-electron chi connectivity index (χ0n) is 14.8. The number of benzene rings is 2. The van der Waals surface area contributed by atoms with E-state index in [1.807, 2.05) is 18.2 Å². The van der Waals surface area contributed by atoms with Gasteiger partial charge in [0.2, 0.25) is 0 Å². The number of hydrogen-bond donors (Lipinski definition) is 0. The van der Waals surface area contributed by atoms with E-state index in [2.05, 4.69) is 42.2 Å². The van der Waals surface area contributed by atoms with Crippen LogP contribution in [0.15, 0.2) is 54.6 Å². The number of hydrogen-bond acceptors (Lipinski definition) is 2. The molecule has 3 heteroatoms. The lowest BCUT2D eigenvalue weighted by atomic mass is 9.81. The van der Waals surface area contributed by atoms with Gasteiger partial charge in [0.25, 0.3) is 0 Å². The second kappa shape index (κ2) is 8.64. The lowest BCUT2D eigenvalue weighted by Crippen LogP contribution is -2.38. The van der Waals surface area contributed by atoms with Crippen molar-refractivity contribution < 1.29 is 4.79 Å². The monoisotopic (exact) mass is 355 g/mol. The fraction of sp³-hybridized carbons (Fsp3) is 0.409. The Morgan fingerprint density at radius 3 is 2.52 bits per heavy atom. The predicted octanol–water partition coefficient (Wildman–Crippen LogP) is 5.11. The molecular weight excluding hydrogens is 330 g/mol. The Balaban J connectivity index is 1.49. The van der Waals surface area contributed by atoms with Crippen LogP contribution in [0.2, 0.25) is 5.02 Å². The number of ketones is 1. The van der Waals surface area contributed by atoms with E-state index < -0.39 is 0 Å². The number of nitrogens with zero attached hydrogens (tertiary/aromatic N) is 1. The third-order valence-electron chi connectivity index (χ3n) is 5.42. The summed E-state index contributed by atoms with van der Waals surface area (Å²) in [6.07, 6.45) is 3.30. The van der Waals surface area contributed by atoms with E-state index in [9.17, 15) is 4.79 Å². The minimum absolute atomic E-state index is 0.0646. The number of likely N-dealkylation sites (tertiary alicyclic amines) is 1. The van der Waals surface area contributed by atoms with Crippen molar-refractivity contribution in [2.45, 2.75) is 26.2 Å². The third-order valence-corrected chi connectivity index (χ3v) is 5.66. The van der Waals surface area contributed by atoms with Gasteiger partial charge in [-0.3, -0.25) is 4.79 Å². The quantitative estimate of drug-likeness (QED) is 0.671. The van der Waals surface area contributed by atoms with Crippen molar-refractivity contribution in [3.05, 3.63) is 70.7 Å². The lowest BCUT2D eigenvalue weighted by Gasteiger charge is -2.34. The first-order chi connectivity index (χ1) is 12.1. The molecule has 2 nitrogen and oxygen atoms in total. The predicted molar refractivity (Wildman–Crippen MR) is 104 cm³/mol. The first-order valence-electron chi connectivity index (χ1n) is 9.19. The topological polar surface area (TPSA) is 20.3 Å². The molecule has 1 saturated heterocycles. The second-order valence-corrected chi connectivity index (χ2v) is 7.51. The Kier molecular flexibility index (Phi) is 6.28. The summed E-state index contributed by atoms with van der Waals surface area (Å²) in [5.41, 5.74) is 2.14. The van der Waals surface area contributed by atoms with Gasteiger partial charge in [0.1, 0.15) is 0 Å². The van der Waals surface area contributed by atoms with Crippen LogP contribution in [-0.2, 0) is 6.42 Å². The maximum Gasteiger partial charge on any atom is 0.165 e. The van der Waals surface area contributed by atoms with Crippen LogP contribution in [0.4, 0.5) is 0 Å². The summed E-state index contributed by atoms with van der Waals surface area (Å²) in [5.74, 6) is 0.763. The number of halogens is 1. The summed E-state index contributed by atoms with van der Waals surface area (Å²) in [6, 6.07) is 18.0. The molecule has 1 unspecified atom stereocenters. The maximum atomic E-state index is 12.7. The molecule has 1 aliphatic heterocycles. The van der Waals surface area contributed by atoms with Crippen LogP contribution in [-0.4, -0.2) is 30.3 Å². The molecule has 0 amide bonds. The van der Waals surface area contributed by atoms with Crippen LogP contribution < -0.4 is 0 Å². The Morgan fingerprint density at radius 2 is 1.84 bits per heavy atom. The van der Waals surface area contributed by atoms with Gasteiger partial charge in [0.05, 0.1) is 0 Å². The molecular formula is C22H26ClNO. The van der Waals surface area contributed by atoms with E-state index in [0.29, 0.717) is 10.9 Å². The molecule has 1 atom stereocenters. The first-order valence-corrected chi connectivity index (χ1v) is 9.57. The minimum atomic E-state index is 0.0646. The Morgan fingerprint density at radius 1 is 1.12 bits per heavy atom. The van der Waals surface area contributed by atoms with E-state index in [1.165, 1.54) is 5.56 Å². The van der Waals surface area contributed by atoms with E-state index in [4.69, 9.17) is 11.6 Å². The van der Waals surface area contributed by atoms with Gasteiger partial charge in [-0.15, -0.1) is 0 Å². The standard InChI is InChI=1S/C22H26ClNO/c1-17(22(25)20-8-5-9-21(23)16-20)19-11-14-24(15-12-19)13-10-18-6-3-2-4-7-18/h2-9,16-17,19H,10-15H2,1H3. The van der Waals surface area contributed by atoms with Crippen molar-refractivity contribution in [2.75, 3.05) is 19.6 Å². The van der Waals surface area contributed by atoms with Gasteiger partial charge in [-0.1, -0.05) is 61.0 Å². The van der Waals surface area contributed by atoms with Crippen LogP contribution in [0.25, 0.3) is 0 Å². The molecule has 1 heterocycles. The number of carbonyl (C=O) groups excluding carboxylic acids is 1. The fourth-order valence-corrected chi connectivity index (χ4v) is 3.92. The average Bonchev–Trinajstić information content (AvgIpc) is 2.66. The zero-order chi connectivity index (χ0) is 17.6. The summed E-state index contributed by atoms with van der Waals surface area (Å²) in [7, 11) is 0. The van der Waals surface area contributed by atoms with Gasteiger partial charge in [-0.2, -0.15) is 0 Å². The van der Waals surface area contributed by atoms with Gasteiger partial charge >= 0.3 is 0 Å². The average molecular weight is 356 g/mol. The van der Waals surface area contributed by atoms with Crippen molar-refractivity contribution in [3.8, 4) is 0 Å². The van der Waals surface area contributed by atoms with Crippen LogP contribution in [0.1, 0.15) is 35.7 Å². The molecule has 132 valence electrons. The lowest BCUT2D eigenvalue weighted by molar-refractivity contribution is 0.0821. The SMILES string of the molecule is CC(C(=O)c1cccc(Cl)c1)C1CCN(CCc2ccccc2)CC1. The minimum Gasteiger partial charge on any atom is -0.303 e. The Bertz CT molecular complexity index is 692. The number of Topliss-reactive ketones (excluding diaryl/α,β-unsaturated/α-hetero) is 1. The molecule has 0 aliphatic carbocycles. The maximum absolute atomic E-state index is 12.7. The summed E-state index contributed by atoms with van der Waals surface area (Å²) < 4.78 is 0. The summed E-state index contributed by atoms with van der Waals surface area (Å²) in [5, 5.41) is 0.633. The highest BCUT2D eigenvalue weighted by Crippen LogP contribution is 2.28. The third kappa shape index (κ3) is 4.93. The van der Waals surface area contributed by atoms with Crippen molar-refractivity contribution in [1.82, 2.24) is 4.90 Å². The number of rotatable bonds is 6. The van der Waals surface area contributed by atoms with Crippen LogP contribution >= 0.6 is 11.6 Å². The van der Waals surface area contributed by atoms with E-state index in [0.717, 1.165) is 44.5 Å². The van der Waals surface area contributed by atoms with Crippen LogP contribution in [0.5, 0.6) is 0 Å². The van der Waals surface area contributed by atoms with Crippen molar-refractivity contribution in [3.63, 3.8) is 0 Å². The molecule has 25 heavy (non-hydrogen) atoms. The van der Waals surface area contributed by atoms with Crippen molar-refractivity contribution >= 4 is 17.4 Å². The zero-order valence-corrected chi connectivity index (χ0v) is 15.6.